The van der Waals surface area contributed by atoms with Crippen molar-refractivity contribution in [1.82, 2.24) is 19.1 Å². The van der Waals surface area contributed by atoms with Crippen LogP contribution in [0.3, 0.4) is 0 Å². The van der Waals surface area contributed by atoms with Crippen LogP contribution in [0.1, 0.15) is 52.3 Å². The van der Waals surface area contributed by atoms with Gasteiger partial charge in [0.25, 0.3) is 0 Å². The number of ether oxygens (including phenoxy) is 1. The van der Waals surface area contributed by atoms with Gasteiger partial charge in [-0.05, 0) is 44.9 Å². The summed E-state index contributed by atoms with van der Waals surface area (Å²) in [6, 6.07) is 4.69. The zero-order valence-corrected chi connectivity index (χ0v) is 20.6. The number of benzene rings is 1. The molecule has 0 radical (unpaired) electrons. The summed E-state index contributed by atoms with van der Waals surface area (Å²) in [5, 5.41) is 12.0. The molecule has 3 rings (SSSR count). The van der Waals surface area contributed by atoms with E-state index in [1.165, 1.54) is 22.1 Å². The van der Waals surface area contributed by atoms with Crippen LogP contribution in [0.4, 0.5) is 5.69 Å². The number of aromatic nitrogens is 3. The van der Waals surface area contributed by atoms with Gasteiger partial charge in [0.1, 0.15) is 16.5 Å². The molecule has 0 bridgehead atoms. The largest absolute Gasteiger partial charge is 0.492 e. The van der Waals surface area contributed by atoms with E-state index in [0.29, 0.717) is 31.3 Å². The number of thioether (sulfide) groups is 1. The van der Waals surface area contributed by atoms with Crippen molar-refractivity contribution in [2.24, 2.45) is 0 Å². The minimum Gasteiger partial charge on any atom is -0.492 e. The Labute approximate surface area is 194 Å². The van der Waals surface area contributed by atoms with Gasteiger partial charge in [-0.2, -0.15) is 4.31 Å². The molecule has 1 aliphatic carbocycles. The summed E-state index contributed by atoms with van der Waals surface area (Å²) >= 11 is 1.32. The highest BCUT2D eigenvalue weighted by atomic mass is 32.2. The molecule has 0 spiro atoms. The zero-order valence-electron chi connectivity index (χ0n) is 19.0. The monoisotopic (exact) mass is 481 g/mol. The van der Waals surface area contributed by atoms with Crippen molar-refractivity contribution in [1.29, 1.82) is 0 Å². The van der Waals surface area contributed by atoms with Gasteiger partial charge in [0.2, 0.25) is 15.9 Å². The summed E-state index contributed by atoms with van der Waals surface area (Å²) in [5.41, 5.74) is 0.403. The summed E-state index contributed by atoms with van der Waals surface area (Å²) in [5.74, 6) is 1.65. The molecule has 0 atom stereocenters. The minimum absolute atomic E-state index is 0.0494. The Kier molecular flexibility index (Phi) is 8.18. The topological polar surface area (TPSA) is 106 Å². The molecule has 1 saturated carbocycles. The van der Waals surface area contributed by atoms with Crippen molar-refractivity contribution in [2.75, 3.05) is 30.8 Å². The molecular weight excluding hydrogens is 450 g/mol. The lowest BCUT2D eigenvalue weighted by molar-refractivity contribution is -0.113. The number of rotatable bonds is 12. The van der Waals surface area contributed by atoms with E-state index in [4.69, 9.17) is 4.74 Å². The number of sulfonamides is 1. The Morgan fingerprint density at radius 2 is 1.94 bits per heavy atom. The molecule has 0 aliphatic heterocycles. The Hall–Kier alpha value is -2.11. The maximum Gasteiger partial charge on any atom is 0.246 e. The summed E-state index contributed by atoms with van der Waals surface area (Å²) in [6.07, 6.45) is 2.28. The Morgan fingerprint density at radius 1 is 1.22 bits per heavy atom. The molecule has 1 aromatic heterocycles. The summed E-state index contributed by atoms with van der Waals surface area (Å²) in [7, 11) is -3.75. The van der Waals surface area contributed by atoms with Crippen LogP contribution in [0, 0.1) is 0 Å². The number of anilines is 1. The molecule has 11 heteroatoms. The van der Waals surface area contributed by atoms with Gasteiger partial charge in [-0.25, -0.2) is 8.42 Å². The summed E-state index contributed by atoms with van der Waals surface area (Å²) in [4.78, 5) is 12.6. The van der Waals surface area contributed by atoms with Crippen LogP contribution in [-0.4, -0.2) is 58.8 Å². The van der Waals surface area contributed by atoms with Gasteiger partial charge >= 0.3 is 0 Å². The Balaban J connectivity index is 1.73. The second kappa shape index (κ2) is 10.7. The third kappa shape index (κ3) is 5.44. The second-order valence-corrected chi connectivity index (χ2v) is 10.2. The van der Waals surface area contributed by atoms with Crippen molar-refractivity contribution in [3.8, 4) is 5.75 Å². The molecule has 2 aromatic rings. The minimum atomic E-state index is -3.75. The average Bonchev–Trinajstić information content (AvgIpc) is 3.53. The first-order valence-corrected chi connectivity index (χ1v) is 13.4. The van der Waals surface area contributed by atoms with Crippen LogP contribution < -0.4 is 10.1 Å². The highest BCUT2D eigenvalue weighted by Gasteiger charge is 2.30. The van der Waals surface area contributed by atoms with Gasteiger partial charge in [0.05, 0.1) is 12.4 Å². The van der Waals surface area contributed by atoms with Crippen molar-refractivity contribution in [3.63, 3.8) is 0 Å². The fraction of sp³-hybridized carbons (Fsp3) is 0.571. The van der Waals surface area contributed by atoms with Crippen LogP contribution in [0.15, 0.2) is 28.3 Å². The summed E-state index contributed by atoms with van der Waals surface area (Å²) < 4.78 is 35.1. The van der Waals surface area contributed by atoms with Crippen LogP contribution in [0.2, 0.25) is 0 Å². The predicted octanol–water partition coefficient (Wildman–Crippen LogP) is 3.34. The van der Waals surface area contributed by atoms with Crippen LogP contribution in [0.5, 0.6) is 5.75 Å². The van der Waals surface area contributed by atoms with E-state index in [1.807, 2.05) is 6.92 Å². The van der Waals surface area contributed by atoms with Gasteiger partial charge in [-0.15, -0.1) is 10.2 Å². The van der Waals surface area contributed by atoms with Crippen LogP contribution in [-0.2, 0) is 21.4 Å². The first kappa shape index (κ1) is 24.5. The quantitative estimate of drug-likeness (QED) is 0.463. The van der Waals surface area contributed by atoms with Gasteiger partial charge < -0.3 is 14.6 Å². The predicted molar refractivity (Wildman–Crippen MR) is 125 cm³/mol. The molecule has 1 N–H and O–H groups in total. The number of amides is 1. The number of carbonyl (C=O) groups is 1. The lowest BCUT2D eigenvalue weighted by atomic mass is 10.3. The number of hydrogen-bond acceptors (Lipinski definition) is 7. The molecule has 1 amide bonds. The van der Waals surface area contributed by atoms with Crippen molar-refractivity contribution in [2.45, 2.75) is 63.1 Å². The third-order valence-electron chi connectivity index (χ3n) is 5.19. The third-order valence-corrected chi connectivity index (χ3v) is 8.22. The first-order chi connectivity index (χ1) is 15.3. The van der Waals surface area contributed by atoms with E-state index in [1.54, 1.807) is 32.9 Å². The molecule has 0 saturated heterocycles. The Bertz CT molecular complexity index is 1050. The molecule has 9 nitrogen and oxygen atoms in total. The standard InChI is InChI=1S/C21H31N5O4S2/c1-5-25(6-2)32(28,29)18-13-16(11-12-17(18)30-8-4)22-19(27)14-31-21-24-23-20(15-9-10-15)26(21)7-3/h11-13,15H,5-10,14H2,1-4H3,(H,22,27). The van der Waals surface area contributed by atoms with Crippen LogP contribution >= 0.6 is 11.8 Å². The maximum atomic E-state index is 13.1. The molecule has 1 fully saturated rings. The second-order valence-electron chi connectivity index (χ2n) is 7.38. The fourth-order valence-electron chi connectivity index (χ4n) is 3.44. The molecule has 0 unspecified atom stereocenters. The lowest BCUT2D eigenvalue weighted by Crippen LogP contribution is -2.31. The Morgan fingerprint density at radius 3 is 2.53 bits per heavy atom. The zero-order chi connectivity index (χ0) is 23.3. The van der Waals surface area contributed by atoms with Crippen molar-refractivity contribution in [3.05, 3.63) is 24.0 Å². The van der Waals surface area contributed by atoms with E-state index in [9.17, 15) is 13.2 Å². The van der Waals surface area contributed by atoms with Gasteiger partial charge in [-0.1, -0.05) is 25.6 Å². The summed E-state index contributed by atoms with van der Waals surface area (Å²) in [6.45, 7) is 9.19. The van der Waals surface area contributed by atoms with Crippen molar-refractivity contribution < 1.29 is 17.9 Å². The highest BCUT2D eigenvalue weighted by Crippen LogP contribution is 2.40. The molecule has 1 aliphatic rings. The van der Waals surface area contributed by atoms with Gasteiger partial charge in [0, 0.05) is 31.2 Å². The smallest absolute Gasteiger partial charge is 0.246 e. The number of nitrogens with one attached hydrogen (secondary N) is 1. The van der Waals surface area contributed by atoms with E-state index in [2.05, 4.69) is 20.1 Å². The molecular formula is C21H31N5O4S2. The fourth-order valence-corrected chi connectivity index (χ4v) is 5.86. The highest BCUT2D eigenvalue weighted by molar-refractivity contribution is 7.99. The molecule has 1 heterocycles. The normalized spacial score (nSPS) is 14.0. The maximum absolute atomic E-state index is 13.1. The number of nitrogens with zero attached hydrogens (tertiary/aromatic N) is 4. The van der Waals surface area contributed by atoms with E-state index in [0.717, 1.165) is 30.4 Å². The van der Waals surface area contributed by atoms with E-state index >= 15 is 0 Å². The van der Waals surface area contributed by atoms with Crippen LogP contribution in [0.25, 0.3) is 0 Å². The lowest BCUT2D eigenvalue weighted by Gasteiger charge is -2.21. The average molecular weight is 482 g/mol. The molecule has 32 heavy (non-hydrogen) atoms. The van der Waals surface area contributed by atoms with Crippen molar-refractivity contribution >= 4 is 33.4 Å². The van der Waals surface area contributed by atoms with E-state index < -0.39 is 10.0 Å². The molecule has 176 valence electrons. The van der Waals surface area contributed by atoms with Gasteiger partial charge in [0.15, 0.2) is 5.16 Å². The molecule has 1 aromatic carbocycles. The first-order valence-electron chi connectivity index (χ1n) is 11.0. The SMILES string of the molecule is CCOc1ccc(NC(=O)CSc2nnc(C3CC3)n2CC)cc1S(=O)(=O)N(CC)CC. The van der Waals surface area contributed by atoms with Gasteiger partial charge in [-0.3, -0.25) is 4.79 Å². The number of carbonyl (C=O) groups excluding carboxylic acids is 1. The number of hydrogen-bond donors (Lipinski definition) is 1. The van der Waals surface area contributed by atoms with E-state index in [-0.39, 0.29) is 22.3 Å².